The molecule has 1 aliphatic carbocycles. The molecule has 1 fully saturated rings. The monoisotopic (exact) mass is 175 g/mol. The molecule has 0 bridgehead atoms. The van der Waals surface area contributed by atoms with Gasteiger partial charge < -0.3 is 10.4 Å². The predicted octanol–water partition coefficient (Wildman–Crippen LogP) is 0.376. The number of hydrogen-bond acceptors (Lipinski definition) is 2. The van der Waals surface area contributed by atoms with Gasteiger partial charge in [-0.05, 0) is 26.7 Å². The minimum atomic E-state index is -1.86. The lowest BCUT2D eigenvalue weighted by molar-refractivity contribution is -0.132. The van der Waals surface area contributed by atoms with Crippen molar-refractivity contribution in [2.45, 2.75) is 37.9 Å². The van der Waals surface area contributed by atoms with Gasteiger partial charge in [0, 0.05) is 0 Å². The van der Waals surface area contributed by atoms with Crippen LogP contribution in [0.4, 0.5) is 4.39 Å². The Morgan fingerprint density at radius 3 is 2.42 bits per heavy atom. The van der Waals surface area contributed by atoms with Crippen molar-refractivity contribution in [3.05, 3.63) is 0 Å². The van der Waals surface area contributed by atoms with Gasteiger partial charge in [0.15, 0.2) is 5.67 Å². The van der Waals surface area contributed by atoms with Crippen LogP contribution >= 0.6 is 0 Å². The molecule has 0 spiro atoms. The van der Waals surface area contributed by atoms with Crippen molar-refractivity contribution >= 4 is 5.91 Å². The highest BCUT2D eigenvalue weighted by Crippen LogP contribution is 2.35. The number of carbonyl (C=O) groups excluding carboxylic acids is 1. The molecule has 1 aliphatic rings. The maximum atomic E-state index is 13.0. The lowest BCUT2D eigenvalue weighted by Gasteiger charge is -2.19. The van der Waals surface area contributed by atoms with Crippen molar-refractivity contribution in [3.63, 3.8) is 0 Å². The molecule has 12 heavy (non-hydrogen) atoms. The average molecular weight is 175 g/mol. The number of hydrogen-bond donors (Lipinski definition) is 2. The topological polar surface area (TPSA) is 49.3 Å². The maximum Gasteiger partial charge on any atom is 0.257 e. The summed E-state index contributed by atoms with van der Waals surface area (Å²) < 4.78 is 13.0. The molecule has 4 heteroatoms. The van der Waals surface area contributed by atoms with Crippen LogP contribution in [0.25, 0.3) is 0 Å². The van der Waals surface area contributed by atoms with E-state index in [4.69, 9.17) is 5.11 Å². The summed E-state index contributed by atoms with van der Waals surface area (Å²) >= 11 is 0. The molecule has 2 N–H and O–H groups in total. The number of aliphatic hydroxyl groups is 1. The highest BCUT2D eigenvalue weighted by Gasteiger charge is 2.45. The first-order chi connectivity index (χ1) is 5.40. The first-order valence-electron chi connectivity index (χ1n) is 4.02. The van der Waals surface area contributed by atoms with Gasteiger partial charge in [-0.1, -0.05) is 0 Å². The molecule has 0 atom stereocenters. The van der Waals surface area contributed by atoms with Crippen LogP contribution in [-0.2, 0) is 4.79 Å². The van der Waals surface area contributed by atoms with E-state index >= 15 is 0 Å². The highest BCUT2D eigenvalue weighted by atomic mass is 19.1. The largest absolute Gasteiger partial charge is 0.394 e. The summed E-state index contributed by atoms with van der Waals surface area (Å²) in [6.07, 6.45) is 1.48. The Morgan fingerprint density at radius 1 is 1.67 bits per heavy atom. The van der Waals surface area contributed by atoms with E-state index in [2.05, 4.69) is 5.32 Å². The maximum absolute atomic E-state index is 13.0. The second-order valence-electron chi connectivity index (χ2n) is 3.87. The van der Waals surface area contributed by atoms with Gasteiger partial charge in [0.05, 0.1) is 12.1 Å². The SMILES string of the molecule is CC(C)(F)C(=O)NC1(CO)CC1. The second-order valence-corrected chi connectivity index (χ2v) is 3.87. The van der Waals surface area contributed by atoms with Crippen molar-refractivity contribution < 1.29 is 14.3 Å². The summed E-state index contributed by atoms with van der Waals surface area (Å²) in [5, 5.41) is 11.3. The van der Waals surface area contributed by atoms with Gasteiger partial charge in [-0.15, -0.1) is 0 Å². The van der Waals surface area contributed by atoms with Crippen LogP contribution < -0.4 is 5.32 Å². The Labute approximate surface area is 71.0 Å². The Balaban J connectivity index is 2.47. The summed E-state index contributed by atoms with van der Waals surface area (Å²) in [7, 11) is 0. The van der Waals surface area contributed by atoms with E-state index < -0.39 is 17.1 Å². The van der Waals surface area contributed by atoms with Crippen molar-refractivity contribution in [2.75, 3.05) is 6.61 Å². The van der Waals surface area contributed by atoms with Crippen molar-refractivity contribution in [1.29, 1.82) is 0 Å². The summed E-state index contributed by atoms with van der Waals surface area (Å²) in [5.41, 5.74) is -2.37. The third-order valence-corrected chi connectivity index (χ3v) is 2.07. The lowest BCUT2D eigenvalue weighted by Crippen LogP contribution is -2.47. The molecule has 0 aromatic rings. The summed E-state index contributed by atoms with van der Waals surface area (Å²) in [6.45, 7) is 2.31. The van der Waals surface area contributed by atoms with Crippen molar-refractivity contribution in [3.8, 4) is 0 Å². The van der Waals surface area contributed by atoms with E-state index in [0.29, 0.717) is 0 Å². The molecule has 0 aromatic carbocycles. The zero-order valence-corrected chi connectivity index (χ0v) is 7.35. The lowest BCUT2D eigenvalue weighted by atomic mass is 10.1. The molecule has 0 unspecified atom stereocenters. The molecule has 0 aromatic heterocycles. The molecule has 0 aliphatic heterocycles. The van der Waals surface area contributed by atoms with Gasteiger partial charge in [0.2, 0.25) is 0 Å². The molecular formula is C8H14FNO2. The molecule has 1 rings (SSSR count). The fraction of sp³-hybridized carbons (Fsp3) is 0.875. The number of alkyl halides is 1. The normalized spacial score (nSPS) is 20.3. The molecule has 3 nitrogen and oxygen atoms in total. The van der Waals surface area contributed by atoms with E-state index in [-0.39, 0.29) is 6.61 Å². The first-order valence-corrected chi connectivity index (χ1v) is 4.02. The summed E-state index contributed by atoms with van der Waals surface area (Å²) in [5.74, 6) is -0.644. The molecule has 0 radical (unpaired) electrons. The summed E-state index contributed by atoms with van der Waals surface area (Å²) in [4.78, 5) is 11.1. The minimum absolute atomic E-state index is 0.102. The fourth-order valence-electron chi connectivity index (χ4n) is 0.863. The summed E-state index contributed by atoms with van der Waals surface area (Å²) in [6, 6.07) is 0. The quantitative estimate of drug-likeness (QED) is 0.651. The van der Waals surface area contributed by atoms with Gasteiger partial charge in [0.25, 0.3) is 5.91 Å². The molecule has 0 heterocycles. The standard InChI is InChI=1S/C8H14FNO2/c1-7(2,9)6(12)10-8(5-11)3-4-8/h11H,3-5H2,1-2H3,(H,10,12). The number of halogens is 1. The molecule has 1 saturated carbocycles. The van der Waals surface area contributed by atoms with E-state index in [0.717, 1.165) is 12.8 Å². The van der Waals surface area contributed by atoms with Crippen molar-refractivity contribution in [2.24, 2.45) is 0 Å². The molecule has 1 amide bonds. The Bertz CT molecular complexity index is 194. The third-order valence-electron chi connectivity index (χ3n) is 2.07. The van der Waals surface area contributed by atoms with Gasteiger partial charge in [-0.2, -0.15) is 0 Å². The Hall–Kier alpha value is -0.640. The number of aliphatic hydroxyl groups excluding tert-OH is 1. The number of amides is 1. The van der Waals surface area contributed by atoms with E-state index in [1.165, 1.54) is 13.8 Å². The van der Waals surface area contributed by atoms with Gasteiger partial charge in [-0.3, -0.25) is 4.79 Å². The van der Waals surface area contributed by atoms with Gasteiger partial charge in [0.1, 0.15) is 0 Å². The van der Waals surface area contributed by atoms with Crippen LogP contribution in [0.15, 0.2) is 0 Å². The highest BCUT2D eigenvalue weighted by molar-refractivity contribution is 5.85. The predicted molar refractivity (Wildman–Crippen MR) is 42.4 cm³/mol. The van der Waals surface area contributed by atoms with Crippen LogP contribution in [0.3, 0.4) is 0 Å². The number of rotatable bonds is 3. The van der Waals surface area contributed by atoms with Crippen LogP contribution in [0.1, 0.15) is 26.7 Å². The fourth-order valence-corrected chi connectivity index (χ4v) is 0.863. The number of carbonyl (C=O) groups is 1. The van der Waals surface area contributed by atoms with Crippen LogP contribution in [0, 0.1) is 0 Å². The zero-order chi connectivity index (χ0) is 9.41. The van der Waals surface area contributed by atoms with Gasteiger partial charge in [-0.25, -0.2) is 4.39 Å². The van der Waals surface area contributed by atoms with Crippen LogP contribution in [0.2, 0.25) is 0 Å². The van der Waals surface area contributed by atoms with E-state index in [1.807, 2.05) is 0 Å². The molecular weight excluding hydrogens is 161 g/mol. The molecule has 0 saturated heterocycles. The minimum Gasteiger partial charge on any atom is -0.394 e. The third kappa shape index (κ3) is 1.94. The van der Waals surface area contributed by atoms with E-state index in [9.17, 15) is 9.18 Å². The second kappa shape index (κ2) is 2.69. The smallest absolute Gasteiger partial charge is 0.257 e. The molecule has 70 valence electrons. The van der Waals surface area contributed by atoms with Crippen LogP contribution in [-0.4, -0.2) is 28.8 Å². The Kier molecular flexibility index (Phi) is 2.12. The average Bonchev–Trinajstić information content (AvgIpc) is 2.67. The van der Waals surface area contributed by atoms with E-state index in [1.54, 1.807) is 0 Å². The first kappa shape index (κ1) is 9.45. The zero-order valence-electron chi connectivity index (χ0n) is 7.35. The Morgan fingerprint density at radius 2 is 2.17 bits per heavy atom. The van der Waals surface area contributed by atoms with Crippen LogP contribution in [0.5, 0.6) is 0 Å². The number of nitrogens with one attached hydrogen (secondary N) is 1. The van der Waals surface area contributed by atoms with Gasteiger partial charge >= 0.3 is 0 Å². The van der Waals surface area contributed by atoms with Crippen molar-refractivity contribution in [1.82, 2.24) is 5.32 Å².